The summed E-state index contributed by atoms with van der Waals surface area (Å²) >= 11 is 1.22. The molecule has 0 aliphatic rings. The summed E-state index contributed by atoms with van der Waals surface area (Å²) in [5, 5.41) is 4.59. The molecule has 0 bridgehead atoms. The molecule has 5 rings (SSSR count). The van der Waals surface area contributed by atoms with Gasteiger partial charge in [-0.2, -0.15) is 0 Å². The Balaban J connectivity index is 1.58. The Morgan fingerprint density at radius 1 is 0.975 bits per heavy atom. The highest BCUT2D eigenvalue weighted by Gasteiger charge is 2.20. The number of ketones is 1. The molecule has 0 atom stereocenters. The first-order valence-electron chi connectivity index (χ1n) is 13.3. The summed E-state index contributed by atoms with van der Waals surface area (Å²) in [5.74, 6) is 0.145. The lowest BCUT2D eigenvalue weighted by Crippen LogP contribution is -2.27. The molecular formula is C32H32N4O3S. The van der Waals surface area contributed by atoms with E-state index in [-0.39, 0.29) is 23.0 Å². The normalized spacial score (nSPS) is 11.4. The zero-order chi connectivity index (χ0) is 28.6. The number of thioether (sulfide) groups is 1. The lowest BCUT2D eigenvalue weighted by molar-refractivity contribution is 0.0948. The Bertz CT molecular complexity index is 1810. The number of para-hydroxylation sites is 1. The number of rotatable bonds is 8. The van der Waals surface area contributed by atoms with Gasteiger partial charge in [-0.1, -0.05) is 49.9 Å². The number of aryl methyl sites for hydroxylation is 3. The number of aromatic amines is 1. The van der Waals surface area contributed by atoms with Crippen molar-refractivity contribution in [3.8, 4) is 5.69 Å². The highest BCUT2D eigenvalue weighted by atomic mass is 32.2. The third-order valence-corrected chi connectivity index (χ3v) is 7.68. The van der Waals surface area contributed by atoms with Gasteiger partial charge in [0, 0.05) is 34.3 Å². The Morgan fingerprint density at radius 2 is 1.70 bits per heavy atom. The second kappa shape index (κ2) is 11.1. The van der Waals surface area contributed by atoms with Crippen LogP contribution in [0.2, 0.25) is 0 Å². The molecule has 204 valence electrons. The fraction of sp³-hybridized carbons (Fsp3) is 0.250. The second-order valence-electron chi connectivity index (χ2n) is 10.6. The van der Waals surface area contributed by atoms with Crippen LogP contribution in [0.25, 0.3) is 27.5 Å². The summed E-state index contributed by atoms with van der Waals surface area (Å²) in [6.45, 7) is 10.5. The van der Waals surface area contributed by atoms with Crippen LogP contribution in [0, 0.1) is 26.7 Å². The van der Waals surface area contributed by atoms with Crippen molar-refractivity contribution in [2.24, 2.45) is 5.92 Å². The third-order valence-electron chi connectivity index (χ3n) is 6.74. The number of nitrogens with zero attached hydrogens (tertiary/aromatic N) is 2. The van der Waals surface area contributed by atoms with Gasteiger partial charge >= 0.3 is 0 Å². The molecule has 2 aromatic heterocycles. The molecule has 0 radical (unpaired) electrons. The van der Waals surface area contributed by atoms with Crippen molar-refractivity contribution in [3.63, 3.8) is 0 Å². The Labute approximate surface area is 237 Å². The lowest BCUT2D eigenvalue weighted by Gasteiger charge is -2.15. The fourth-order valence-electron chi connectivity index (χ4n) is 4.95. The minimum atomic E-state index is -0.248. The van der Waals surface area contributed by atoms with Crippen LogP contribution in [0.4, 0.5) is 0 Å². The molecule has 1 amide bonds. The van der Waals surface area contributed by atoms with Gasteiger partial charge in [0.2, 0.25) is 0 Å². The van der Waals surface area contributed by atoms with E-state index >= 15 is 0 Å². The predicted molar refractivity (Wildman–Crippen MR) is 162 cm³/mol. The summed E-state index contributed by atoms with van der Waals surface area (Å²) < 4.78 is 1.57. The molecule has 40 heavy (non-hydrogen) atoms. The van der Waals surface area contributed by atoms with Gasteiger partial charge in [0.05, 0.1) is 22.3 Å². The van der Waals surface area contributed by atoms with Crippen molar-refractivity contribution >= 4 is 45.3 Å². The van der Waals surface area contributed by atoms with Crippen LogP contribution in [0.5, 0.6) is 0 Å². The number of carbonyl (C=O) groups excluding carboxylic acids is 2. The highest BCUT2D eigenvalue weighted by Crippen LogP contribution is 2.27. The molecule has 0 fully saturated rings. The third kappa shape index (κ3) is 5.45. The molecule has 0 spiro atoms. The smallest absolute Gasteiger partial charge is 0.266 e. The molecule has 0 saturated carbocycles. The number of H-pyrrole nitrogens is 1. The molecule has 3 aromatic carbocycles. The van der Waals surface area contributed by atoms with Crippen LogP contribution in [-0.2, 0) is 0 Å². The van der Waals surface area contributed by atoms with E-state index in [9.17, 15) is 14.4 Å². The molecule has 0 aliphatic heterocycles. The minimum Gasteiger partial charge on any atom is -0.358 e. The van der Waals surface area contributed by atoms with Crippen molar-refractivity contribution in [2.75, 3.05) is 12.3 Å². The fourth-order valence-corrected chi connectivity index (χ4v) is 5.83. The van der Waals surface area contributed by atoms with Crippen LogP contribution >= 0.6 is 11.8 Å². The minimum absolute atomic E-state index is 0.0527. The van der Waals surface area contributed by atoms with Crippen LogP contribution in [0.15, 0.2) is 70.6 Å². The Hall–Kier alpha value is -4.17. The molecule has 5 aromatic rings. The van der Waals surface area contributed by atoms with Crippen molar-refractivity contribution in [1.29, 1.82) is 0 Å². The van der Waals surface area contributed by atoms with Gasteiger partial charge < -0.3 is 10.3 Å². The van der Waals surface area contributed by atoms with E-state index in [0.29, 0.717) is 45.3 Å². The molecule has 0 aliphatic carbocycles. The summed E-state index contributed by atoms with van der Waals surface area (Å²) in [4.78, 5) is 48.2. The van der Waals surface area contributed by atoms with Crippen LogP contribution < -0.4 is 10.9 Å². The quantitative estimate of drug-likeness (QED) is 0.137. The van der Waals surface area contributed by atoms with Crippen LogP contribution in [-0.4, -0.2) is 38.5 Å². The molecular weight excluding hydrogens is 520 g/mol. The zero-order valence-corrected chi connectivity index (χ0v) is 24.1. The van der Waals surface area contributed by atoms with Crippen molar-refractivity contribution < 1.29 is 9.59 Å². The molecule has 8 heteroatoms. The summed E-state index contributed by atoms with van der Waals surface area (Å²) in [5.41, 5.74) is 5.69. The number of carbonyl (C=O) groups is 2. The van der Waals surface area contributed by atoms with E-state index in [4.69, 9.17) is 4.98 Å². The SMILES string of the molecule is Cc1cc(C)cc(-n2c(SCC(=O)c3c(C)[nH]c4ccccc34)nc3cc(C(=O)NCC(C)C)ccc3c2=O)c1. The number of nitrogens with one attached hydrogen (secondary N) is 2. The van der Waals surface area contributed by atoms with Crippen LogP contribution in [0.3, 0.4) is 0 Å². The standard InChI is InChI=1S/C32H32N4O3S/c1-18(2)16-33-30(38)22-10-11-25-27(15-22)35-32(36(31(25)39)23-13-19(3)12-20(4)14-23)40-17-28(37)29-21(5)34-26-9-7-6-8-24(26)29/h6-15,18,34H,16-17H2,1-5H3,(H,33,38). The molecule has 2 heterocycles. The average molecular weight is 553 g/mol. The first-order valence-corrected chi connectivity index (χ1v) is 14.3. The van der Waals surface area contributed by atoms with E-state index in [1.807, 2.05) is 77.1 Å². The maximum atomic E-state index is 13.9. The topological polar surface area (TPSA) is 96.8 Å². The number of amides is 1. The molecule has 0 unspecified atom stereocenters. The van der Waals surface area contributed by atoms with E-state index in [0.717, 1.165) is 27.7 Å². The van der Waals surface area contributed by atoms with Gasteiger partial charge in [0.25, 0.3) is 11.5 Å². The number of Topliss-reactive ketones (excluding diaryl/α,β-unsaturated/α-hetero) is 1. The zero-order valence-electron chi connectivity index (χ0n) is 23.3. The first-order chi connectivity index (χ1) is 19.1. The summed E-state index contributed by atoms with van der Waals surface area (Å²) in [6, 6.07) is 18.6. The predicted octanol–water partition coefficient (Wildman–Crippen LogP) is 6.15. The van der Waals surface area contributed by atoms with Gasteiger partial charge in [-0.15, -0.1) is 0 Å². The largest absolute Gasteiger partial charge is 0.358 e. The first kappa shape index (κ1) is 27.4. The highest BCUT2D eigenvalue weighted by molar-refractivity contribution is 7.99. The average Bonchev–Trinajstić information content (AvgIpc) is 3.25. The van der Waals surface area contributed by atoms with E-state index in [1.54, 1.807) is 22.8 Å². The van der Waals surface area contributed by atoms with Gasteiger partial charge in [0.15, 0.2) is 10.9 Å². The second-order valence-corrected chi connectivity index (χ2v) is 11.5. The number of hydrogen-bond acceptors (Lipinski definition) is 5. The lowest BCUT2D eigenvalue weighted by atomic mass is 10.1. The monoisotopic (exact) mass is 552 g/mol. The van der Waals surface area contributed by atoms with Gasteiger partial charge in [-0.05, 0) is 74.2 Å². The van der Waals surface area contributed by atoms with Crippen molar-refractivity contribution in [2.45, 2.75) is 39.8 Å². The summed E-state index contributed by atoms with van der Waals surface area (Å²) in [7, 11) is 0. The maximum Gasteiger partial charge on any atom is 0.266 e. The van der Waals surface area contributed by atoms with Gasteiger partial charge in [0.1, 0.15) is 0 Å². The molecule has 2 N–H and O–H groups in total. The van der Waals surface area contributed by atoms with E-state index < -0.39 is 0 Å². The Morgan fingerprint density at radius 3 is 2.42 bits per heavy atom. The van der Waals surface area contributed by atoms with Crippen molar-refractivity contribution in [3.05, 3.63) is 99.0 Å². The Kier molecular flexibility index (Phi) is 7.63. The van der Waals surface area contributed by atoms with Gasteiger partial charge in [-0.25, -0.2) is 4.98 Å². The number of aromatic nitrogens is 3. The van der Waals surface area contributed by atoms with E-state index in [2.05, 4.69) is 10.3 Å². The number of benzene rings is 3. The number of fused-ring (bicyclic) bond motifs is 2. The molecule has 7 nitrogen and oxygen atoms in total. The van der Waals surface area contributed by atoms with Gasteiger partial charge in [-0.3, -0.25) is 19.0 Å². The summed E-state index contributed by atoms with van der Waals surface area (Å²) in [6.07, 6.45) is 0. The maximum absolute atomic E-state index is 13.9. The number of hydrogen-bond donors (Lipinski definition) is 2. The van der Waals surface area contributed by atoms with Crippen molar-refractivity contribution in [1.82, 2.24) is 19.9 Å². The molecule has 0 saturated heterocycles. The van der Waals surface area contributed by atoms with E-state index in [1.165, 1.54) is 11.8 Å². The van der Waals surface area contributed by atoms with Crippen LogP contribution in [0.1, 0.15) is 51.4 Å².